The maximum absolute atomic E-state index is 12.2. The minimum Gasteiger partial charge on any atom is -0.282 e. The van der Waals surface area contributed by atoms with Crippen LogP contribution in [-0.4, -0.2) is 5.12 Å². The second-order valence-electron chi connectivity index (χ2n) is 4.89. The van der Waals surface area contributed by atoms with E-state index in [2.05, 4.69) is 19.1 Å². The molecule has 0 aliphatic carbocycles. The molecule has 2 aromatic carbocycles. The van der Waals surface area contributed by atoms with E-state index in [4.69, 9.17) is 23.2 Å². The van der Waals surface area contributed by atoms with Crippen molar-refractivity contribution in [3.05, 3.63) is 69.0 Å². The summed E-state index contributed by atoms with van der Waals surface area (Å²) in [5, 5.41) is 2.10. The molecule has 1 heterocycles. The molecule has 5 heteroatoms. The Morgan fingerprint density at radius 3 is 2.48 bits per heavy atom. The summed E-state index contributed by atoms with van der Waals surface area (Å²) in [4.78, 5) is 13.9. The van der Waals surface area contributed by atoms with Gasteiger partial charge in [-0.25, -0.2) is 0 Å². The van der Waals surface area contributed by atoms with E-state index in [1.165, 1.54) is 15.6 Å². The molecule has 0 aliphatic heterocycles. The van der Waals surface area contributed by atoms with Crippen LogP contribution in [-0.2, 0) is 4.79 Å². The molecule has 0 fully saturated rings. The Balaban J connectivity index is 1.81. The van der Waals surface area contributed by atoms with Gasteiger partial charge in [0.25, 0.3) is 0 Å². The van der Waals surface area contributed by atoms with Gasteiger partial charge in [0.05, 0.1) is 14.9 Å². The van der Waals surface area contributed by atoms with Crippen molar-refractivity contribution in [2.75, 3.05) is 0 Å². The number of carbonyl (C=O) groups is 1. The predicted octanol–water partition coefficient (Wildman–Crippen LogP) is 6.85. The average molecular weight is 379 g/mol. The van der Waals surface area contributed by atoms with Crippen LogP contribution >= 0.6 is 46.3 Å². The Hall–Kier alpha value is -1.26. The Labute approximate surface area is 152 Å². The van der Waals surface area contributed by atoms with Gasteiger partial charge in [-0.05, 0) is 60.0 Å². The largest absolute Gasteiger partial charge is 0.282 e. The molecule has 0 unspecified atom stereocenters. The van der Waals surface area contributed by atoms with Crippen LogP contribution in [0.2, 0.25) is 10.0 Å². The maximum atomic E-state index is 12.2. The Morgan fingerprint density at radius 2 is 1.78 bits per heavy atom. The van der Waals surface area contributed by atoms with Crippen LogP contribution in [0.4, 0.5) is 0 Å². The van der Waals surface area contributed by atoms with Crippen molar-refractivity contribution in [1.29, 1.82) is 0 Å². The first-order valence-electron chi connectivity index (χ1n) is 6.88. The molecule has 0 saturated heterocycles. The van der Waals surface area contributed by atoms with Gasteiger partial charge in [-0.15, -0.1) is 11.3 Å². The highest BCUT2D eigenvalue weighted by Crippen LogP contribution is 2.35. The molecule has 3 aromatic rings. The third-order valence-electron chi connectivity index (χ3n) is 3.37. The SMILES string of the molecule is Cc1c(C=CC(=O)Sc2c(Cl)cccc2Cl)sc2ccccc12. The van der Waals surface area contributed by atoms with Crippen LogP contribution in [0, 0.1) is 6.92 Å². The summed E-state index contributed by atoms with van der Waals surface area (Å²) in [5.74, 6) is 0. The molecule has 1 aromatic heterocycles. The lowest BCUT2D eigenvalue weighted by atomic mass is 10.1. The van der Waals surface area contributed by atoms with Gasteiger partial charge in [-0.2, -0.15) is 0 Å². The number of aryl methyl sites for hydroxylation is 1. The predicted molar refractivity (Wildman–Crippen MR) is 103 cm³/mol. The van der Waals surface area contributed by atoms with Crippen molar-refractivity contribution in [2.24, 2.45) is 0 Å². The highest BCUT2D eigenvalue weighted by molar-refractivity contribution is 8.14. The highest BCUT2D eigenvalue weighted by Gasteiger charge is 2.10. The second kappa shape index (κ2) is 7.10. The molecule has 0 radical (unpaired) electrons. The number of thioether (sulfide) groups is 1. The van der Waals surface area contributed by atoms with Gasteiger partial charge < -0.3 is 0 Å². The van der Waals surface area contributed by atoms with Crippen molar-refractivity contribution in [3.63, 3.8) is 0 Å². The standard InChI is InChI=1S/C18H12Cl2OS2/c1-11-12-5-2-3-8-16(12)22-15(11)9-10-17(21)23-18-13(19)6-4-7-14(18)20/h2-10H,1H3. The van der Waals surface area contributed by atoms with Crippen molar-refractivity contribution < 1.29 is 4.79 Å². The van der Waals surface area contributed by atoms with E-state index in [1.54, 1.807) is 35.6 Å². The topological polar surface area (TPSA) is 17.1 Å². The summed E-state index contributed by atoms with van der Waals surface area (Å²) >= 11 is 14.9. The lowest BCUT2D eigenvalue weighted by Crippen LogP contribution is -1.86. The maximum Gasteiger partial charge on any atom is 0.217 e. The third-order valence-corrected chi connectivity index (χ3v) is 6.45. The normalized spacial score (nSPS) is 11.4. The number of halogens is 2. The lowest BCUT2D eigenvalue weighted by Gasteiger charge is -2.03. The fraction of sp³-hybridized carbons (Fsp3) is 0.0556. The van der Waals surface area contributed by atoms with Gasteiger partial charge in [0.2, 0.25) is 5.12 Å². The summed E-state index contributed by atoms with van der Waals surface area (Å²) in [5.41, 5.74) is 1.19. The van der Waals surface area contributed by atoms with E-state index in [1.807, 2.05) is 18.2 Å². The van der Waals surface area contributed by atoms with Gasteiger partial charge in [0.1, 0.15) is 0 Å². The van der Waals surface area contributed by atoms with Crippen LogP contribution in [0.5, 0.6) is 0 Å². The Morgan fingerprint density at radius 1 is 1.09 bits per heavy atom. The van der Waals surface area contributed by atoms with Gasteiger partial charge in [-0.3, -0.25) is 4.79 Å². The molecule has 3 rings (SSSR count). The molecule has 1 nitrogen and oxygen atoms in total. The summed E-state index contributed by atoms with van der Waals surface area (Å²) in [6, 6.07) is 13.4. The summed E-state index contributed by atoms with van der Waals surface area (Å²) in [6.07, 6.45) is 3.43. The number of hydrogen-bond acceptors (Lipinski definition) is 3. The Kier molecular flexibility index (Phi) is 5.12. The zero-order chi connectivity index (χ0) is 16.4. The van der Waals surface area contributed by atoms with Gasteiger partial charge in [0.15, 0.2) is 0 Å². The van der Waals surface area contributed by atoms with Gasteiger partial charge >= 0.3 is 0 Å². The van der Waals surface area contributed by atoms with E-state index in [0.717, 1.165) is 16.6 Å². The van der Waals surface area contributed by atoms with E-state index in [0.29, 0.717) is 14.9 Å². The summed E-state index contributed by atoms with van der Waals surface area (Å²) < 4.78 is 1.22. The van der Waals surface area contributed by atoms with E-state index < -0.39 is 0 Å². The van der Waals surface area contributed by atoms with Gasteiger partial charge in [-0.1, -0.05) is 47.5 Å². The number of rotatable bonds is 3. The molecular formula is C18H12Cl2OS2. The number of hydrogen-bond donors (Lipinski definition) is 0. The third kappa shape index (κ3) is 3.64. The summed E-state index contributed by atoms with van der Waals surface area (Å²) in [7, 11) is 0. The van der Waals surface area contributed by atoms with Crippen LogP contribution in [0.25, 0.3) is 16.2 Å². The minimum absolute atomic E-state index is 0.100. The van der Waals surface area contributed by atoms with Crippen molar-refractivity contribution in [3.8, 4) is 0 Å². The average Bonchev–Trinajstić information content (AvgIpc) is 2.86. The molecular weight excluding hydrogens is 367 g/mol. The smallest absolute Gasteiger partial charge is 0.217 e. The molecule has 116 valence electrons. The second-order valence-corrected chi connectivity index (χ2v) is 7.81. The van der Waals surface area contributed by atoms with Crippen molar-refractivity contribution >= 4 is 67.6 Å². The first-order valence-corrected chi connectivity index (χ1v) is 9.27. The zero-order valence-corrected chi connectivity index (χ0v) is 15.3. The molecule has 23 heavy (non-hydrogen) atoms. The van der Waals surface area contributed by atoms with E-state index in [-0.39, 0.29) is 5.12 Å². The molecule has 0 aliphatic rings. The molecule has 0 bridgehead atoms. The number of fused-ring (bicyclic) bond motifs is 1. The van der Waals surface area contributed by atoms with E-state index in [9.17, 15) is 4.79 Å². The highest BCUT2D eigenvalue weighted by atomic mass is 35.5. The van der Waals surface area contributed by atoms with Crippen LogP contribution in [0.15, 0.2) is 53.4 Å². The lowest BCUT2D eigenvalue weighted by molar-refractivity contribution is -0.106. The van der Waals surface area contributed by atoms with E-state index >= 15 is 0 Å². The van der Waals surface area contributed by atoms with Crippen LogP contribution < -0.4 is 0 Å². The van der Waals surface area contributed by atoms with Crippen molar-refractivity contribution in [2.45, 2.75) is 11.8 Å². The molecule has 0 amide bonds. The molecule has 0 N–H and O–H groups in total. The zero-order valence-electron chi connectivity index (χ0n) is 12.2. The number of carbonyl (C=O) groups excluding carboxylic acids is 1. The fourth-order valence-corrected chi connectivity index (χ4v) is 4.62. The minimum atomic E-state index is -0.100. The first-order chi connectivity index (χ1) is 11.1. The monoisotopic (exact) mass is 378 g/mol. The first kappa shape index (κ1) is 16.6. The van der Waals surface area contributed by atoms with Gasteiger partial charge in [0, 0.05) is 9.58 Å². The number of benzene rings is 2. The molecule has 0 saturated carbocycles. The molecule has 0 atom stereocenters. The van der Waals surface area contributed by atoms with Crippen molar-refractivity contribution in [1.82, 2.24) is 0 Å². The molecule has 0 spiro atoms. The summed E-state index contributed by atoms with van der Waals surface area (Å²) in [6.45, 7) is 2.07. The van der Waals surface area contributed by atoms with Crippen LogP contribution in [0.1, 0.15) is 10.4 Å². The fourth-order valence-electron chi connectivity index (χ4n) is 2.21. The Bertz CT molecular complexity index is 892. The number of thiophene rings is 1. The van der Waals surface area contributed by atoms with Crippen LogP contribution in [0.3, 0.4) is 0 Å². The quantitative estimate of drug-likeness (QED) is 0.366.